The van der Waals surface area contributed by atoms with E-state index in [2.05, 4.69) is 5.32 Å². The molecule has 0 aromatic heterocycles. The summed E-state index contributed by atoms with van der Waals surface area (Å²) in [6.07, 6.45) is 0. The van der Waals surface area contributed by atoms with Crippen LogP contribution in [0.1, 0.15) is 29.8 Å². The van der Waals surface area contributed by atoms with Crippen LogP contribution in [0.25, 0.3) is 0 Å². The van der Waals surface area contributed by atoms with E-state index in [1.165, 1.54) is 12.1 Å². The summed E-state index contributed by atoms with van der Waals surface area (Å²) in [6.45, 7) is 5.94. The van der Waals surface area contributed by atoms with Gasteiger partial charge in [0, 0.05) is 5.56 Å². The standard InChI is InChI=1S/C20H23NO6/c1-4-25-17-10-13(3)6-8-15(17)21-20(24)14-7-9-16(27-12-19(22)23)18(11-14)26-5-2/h6-11H,4-5,12H2,1-3H3,(H,21,24)(H,22,23). The molecule has 0 unspecified atom stereocenters. The topological polar surface area (TPSA) is 94.1 Å². The number of hydrogen-bond acceptors (Lipinski definition) is 5. The summed E-state index contributed by atoms with van der Waals surface area (Å²) in [7, 11) is 0. The van der Waals surface area contributed by atoms with Crippen LogP contribution in [-0.2, 0) is 4.79 Å². The highest BCUT2D eigenvalue weighted by Gasteiger charge is 2.14. The van der Waals surface area contributed by atoms with Crippen molar-refractivity contribution in [3.8, 4) is 17.2 Å². The van der Waals surface area contributed by atoms with Crippen molar-refractivity contribution >= 4 is 17.6 Å². The van der Waals surface area contributed by atoms with E-state index in [-0.39, 0.29) is 11.7 Å². The van der Waals surface area contributed by atoms with Crippen molar-refractivity contribution < 1.29 is 28.9 Å². The van der Waals surface area contributed by atoms with Crippen LogP contribution in [0.3, 0.4) is 0 Å². The largest absolute Gasteiger partial charge is 0.492 e. The minimum Gasteiger partial charge on any atom is -0.492 e. The SMILES string of the molecule is CCOc1cc(C)ccc1NC(=O)c1ccc(OCC(=O)O)c(OCC)c1. The lowest BCUT2D eigenvalue weighted by atomic mass is 10.1. The molecule has 0 aliphatic heterocycles. The maximum atomic E-state index is 12.6. The van der Waals surface area contributed by atoms with Gasteiger partial charge in [-0.2, -0.15) is 0 Å². The average Bonchev–Trinajstić information content (AvgIpc) is 2.63. The van der Waals surface area contributed by atoms with E-state index in [0.29, 0.717) is 36.0 Å². The van der Waals surface area contributed by atoms with Crippen LogP contribution in [-0.4, -0.2) is 36.8 Å². The summed E-state index contributed by atoms with van der Waals surface area (Å²) >= 11 is 0. The van der Waals surface area contributed by atoms with Gasteiger partial charge in [-0.15, -0.1) is 0 Å². The number of carboxylic acids is 1. The Bertz CT molecular complexity index is 818. The Morgan fingerprint density at radius 1 is 0.926 bits per heavy atom. The molecule has 0 heterocycles. The molecule has 0 bridgehead atoms. The lowest BCUT2D eigenvalue weighted by Gasteiger charge is -2.14. The number of rotatable bonds is 9. The van der Waals surface area contributed by atoms with Crippen LogP contribution in [0.2, 0.25) is 0 Å². The predicted octanol–water partition coefficient (Wildman–Crippen LogP) is 3.51. The molecule has 0 fully saturated rings. The average molecular weight is 373 g/mol. The van der Waals surface area contributed by atoms with Gasteiger partial charge < -0.3 is 24.6 Å². The van der Waals surface area contributed by atoms with Gasteiger partial charge in [-0.3, -0.25) is 4.79 Å². The molecule has 0 atom stereocenters. The Morgan fingerprint density at radius 3 is 2.30 bits per heavy atom. The monoisotopic (exact) mass is 373 g/mol. The fourth-order valence-corrected chi connectivity index (χ4v) is 2.38. The maximum Gasteiger partial charge on any atom is 0.341 e. The second-order valence-corrected chi connectivity index (χ2v) is 5.66. The van der Waals surface area contributed by atoms with Crippen LogP contribution in [0.5, 0.6) is 17.2 Å². The molecular weight excluding hydrogens is 350 g/mol. The smallest absolute Gasteiger partial charge is 0.341 e. The van der Waals surface area contributed by atoms with Crippen molar-refractivity contribution in [2.24, 2.45) is 0 Å². The second kappa shape index (κ2) is 9.47. The number of amides is 1. The number of benzene rings is 2. The molecule has 0 radical (unpaired) electrons. The van der Waals surface area contributed by atoms with Gasteiger partial charge in [0.15, 0.2) is 18.1 Å². The minimum atomic E-state index is -1.10. The van der Waals surface area contributed by atoms with Gasteiger partial charge in [-0.1, -0.05) is 6.07 Å². The van der Waals surface area contributed by atoms with Crippen molar-refractivity contribution in [1.29, 1.82) is 0 Å². The van der Waals surface area contributed by atoms with Gasteiger partial charge in [0.05, 0.1) is 18.9 Å². The van der Waals surface area contributed by atoms with Crippen molar-refractivity contribution in [2.75, 3.05) is 25.1 Å². The first kappa shape index (κ1) is 20.1. The Hall–Kier alpha value is -3.22. The summed E-state index contributed by atoms with van der Waals surface area (Å²) in [5.41, 5.74) is 1.94. The molecule has 0 aliphatic carbocycles. The number of aryl methyl sites for hydroxylation is 1. The Kier molecular flexibility index (Phi) is 7.05. The molecule has 2 aromatic carbocycles. The molecule has 0 saturated carbocycles. The van der Waals surface area contributed by atoms with Gasteiger partial charge >= 0.3 is 5.97 Å². The molecule has 7 nitrogen and oxygen atoms in total. The minimum absolute atomic E-state index is 0.265. The van der Waals surface area contributed by atoms with Gasteiger partial charge in [0.2, 0.25) is 0 Å². The predicted molar refractivity (Wildman–Crippen MR) is 101 cm³/mol. The van der Waals surface area contributed by atoms with Crippen LogP contribution in [0.4, 0.5) is 5.69 Å². The highest BCUT2D eigenvalue weighted by Crippen LogP contribution is 2.30. The number of hydrogen-bond donors (Lipinski definition) is 2. The summed E-state index contributed by atoms with van der Waals surface area (Å²) in [4.78, 5) is 23.3. The van der Waals surface area contributed by atoms with Gasteiger partial charge in [-0.05, 0) is 56.7 Å². The number of carbonyl (C=O) groups is 2. The molecule has 7 heteroatoms. The van der Waals surface area contributed by atoms with Crippen molar-refractivity contribution in [1.82, 2.24) is 0 Å². The Morgan fingerprint density at radius 2 is 1.63 bits per heavy atom. The first-order valence-electron chi connectivity index (χ1n) is 8.60. The van der Waals surface area contributed by atoms with E-state index in [0.717, 1.165) is 5.56 Å². The molecule has 2 rings (SSSR count). The second-order valence-electron chi connectivity index (χ2n) is 5.66. The van der Waals surface area contributed by atoms with Crippen molar-refractivity contribution in [2.45, 2.75) is 20.8 Å². The number of aliphatic carboxylic acids is 1. The summed E-state index contributed by atoms with van der Waals surface area (Å²) in [6, 6.07) is 10.1. The molecule has 1 amide bonds. The Balaban J connectivity index is 2.23. The van der Waals surface area contributed by atoms with Gasteiger partial charge in [0.1, 0.15) is 5.75 Å². The van der Waals surface area contributed by atoms with Crippen LogP contribution in [0.15, 0.2) is 36.4 Å². The fraction of sp³-hybridized carbons (Fsp3) is 0.300. The van der Waals surface area contributed by atoms with E-state index >= 15 is 0 Å². The van der Waals surface area contributed by atoms with Crippen molar-refractivity contribution in [3.63, 3.8) is 0 Å². The number of carbonyl (C=O) groups excluding carboxylic acids is 1. The van der Waals surface area contributed by atoms with Crippen LogP contribution < -0.4 is 19.5 Å². The summed E-state index contributed by atoms with van der Waals surface area (Å²) < 4.78 is 16.2. The highest BCUT2D eigenvalue weighted by atomic mass is 16.5. The maximum absolute atomic E-state index is 12.6. The molecule has 0 aliphatic rings. The van der Waals surface area contributed by atoms with Crippen molar-refractivity contribution in [3.05, 3.63) is 47.5 Å². The third kappa shape index (κ3) is 5.64. The Labute approximate surface area is 157 Å². The molecular formula is C20H23NO6. The zero-order valence-electron chi connectivity index (χ0n) is 15.6. The molecule has 2 aromatic rings. The summed E-state index contributed by atoms with van der Waals surface area (Å²) in [5, 5.41) is 11.6. The first-order valence-corrected chi connectivity index (χ1v) is 8.60. The van der Waals surface area contributed by atoms with Gasteiger partial charge in [0.25, 0.3) is 5.91 Å². The number of carboxylic acid groups (broad SMARTS) is 1. The van der Waals surface area contributed by atoms with E-state index in [1.54, 1.807) is 19.1 Å². The highest BCUT2D eigenvalue weighted by molar-refractivity contribution is 6.05. The van der Waals surface area contributed by atoms with Crippen LogP contribution >= 0.6 is 0 Å². The third-order valence-corrected chi connectivity index (χ3v) is 3.54. The number of ether oxygens (including phenoxy) is 3. The fourth-order valence-electron chi connectivity index (χ4n) is 2.38. The lowest BCUT2D eigenvalue weighted by Crippen LogP contribution is -2.14. The van der Waals surface area contributed by atoms with Gasteiger partial charge in [-0.25, -0.2) is 4.79 Å². The molecule has 27 heavy (non-hydrogen) atoms. The summed E-state index contributed by atoms with van der Waals surface area (Å²) in [5.74, 6) is -0.272. The van der Waals surface area contributed by atoms with E-state index in [4.69, 9.17) is 19.3 Å². The first-order chi connectivity index (χ1) is 12.9. The normalized spacial score (nSPS) is 10.2. The zero-order chi connectivity index (χ0) is 19.8. The molecule has 0 saturated heterocycles. The van der Waals surface area contributed by atoms with Crippen LogP contribution in [0, 0.1) is 6.92 Å². The molecule has 2 N–H and O–H groups in total. The van der Waals surface area contributed by atoms with E-state index in [9.17, 15) is 9.59 Å². The van der Waals surface area contributed by atoms with E-state index in [1.807, 2.05) is 26.0 Å². The number of anilines is 1. The quantitative estimate of drug-likeness (QED) is 0.699. The molecule has 144 valence electrons. The zero-order valence-corrected chi connectivity index (χ0v) is 15.6. The van der Waals surface area contributed by atoms with E-state index < -0.39 is 12.6 Å². The molecule has 0 spiro atoms. The lowest BCUT2D eigenvalue weighted by molar-refractivity contribution is -0.139. The number of nitrogens with one attached hydrogen (secondary N) is 1. The third-order valence-electron chi connectivity index (χ3n) is 3.54.